The van der Waals surface area contributed by atoms with Crippen molar-refractivity contribution in [3.05, 3.63) is 95.0 Å². The molecule has 9 heteroatoms. The van der Waals surface area contributed by atoms with Crippen LogP contribution in [0.1, 0.15) is 38.3 Å². The lowest BCUT2D eigenvalue weighted by Crippen LogP contribution is -2.53. The van der Waals surface area contributed by atoms with E-state index in [1.54, 1.807) is 18.2 Å². The van der Waals surface area contributed by atoms with Crippen molar-refractivity contribution in [2.45, 2.75) is 51.5 Å². The van der Waals surface area contributed by atoms with Gasteiger partial charge in [0, 0.05) is 18.1 Å². The Morgan fingerprint density at radius 2 is 1.62 bits per heavy atom. The first-order valence-corrected chi connectivity index (χ1v) is 15.3. The summed E-state index contributed by atoms with van der Waals surface area (Å²) in [7, 11) is -4.13. The van der Waals surface area contributed by atoms with Crippen molar-refractivity contribution in [2.24, 2.45) is 5.92 Å². The first-order chi connectivity index (χ1) is 19.0. The molecule has 3 rings (SSSR count). The number of halogens is 1. The fourth-order valence-electron chi connectivity index (χ4n) is 4.36. The molecule has 0 heterocycles. The Morgan fingerprint density at radius 3 is 2.23 bits per heavy atom. The van der Waals surface area contributed by atoms with Crippen molar-refractivity contribution in [1.29, 1.82) is 0 Å². The summed E-state index contributed by atoms with van der Waals surface area (Å²) in [5.74, 6) is -0.460. The van der Waals surface area contributed by atoms with Gasteiger partial charge >= 0.3 is 0 Å². The predicted octanol–water partition coefficient (Wildman–Crippen LogP) is 5.47. The number of nitrogens with one attached hydrogen (secondary N) is 1. The summed E-state index contributed by atoms with van der Waals surface area (Å²) in [6, 6.07) is 21.8. The number of aryl methyl sites for hydroxylation is 1. The zero-order valence-electron chi connectivity index (χ0n) is 23.5. The molecule has 0 saturated carbocycles. The van der Waals surface area contributed by atoms with Crippen LogP contribution in [0.4, 0.5) is 5.69 Å². The highest BCUT2D eigenvalue weighted by Crippen LogP contribution is 2.26. The van der Waals surface area contributed by atoms with Crippen molar-refractivity contribution >= 4 is 39.1 Å². The maximum Gasteiger partial charge on any atom is 0.264 e. The van der Waals surface area contributed by atoms with E-state index in [0.29, 0.717) is 30.1 Å². The minimum absolute atomic E-state index is 0.0174. The van der Waals surface area contributed by atoms with E-state index in [2.05, 4.69) is 5.32 Å². The van der Waals surface area contributed by atoms with Gasteiger partial charge in [-0.3, -0.25) is 13.9 Å². The molecule has 0 aliphatic carbocycles. The molecular formula is C31H38ClN3O4S. The average Bonchev–Trinajstić information content (AvgIpc) is 2.93. The minimum atomic E-state index is -4.13. The van der Waals surface area contributed by atoms with Crippen LogP contribution in [0, 0.1) is 12.8 Å². The molecular weight excluding hydrogens is 546 g/mol. The van der Waals surface area contributed by atoms with E-state index >= 15 is 0 Å². The van der Waals surface area contributed by atoms with Gasteiger partial charge in [0.05, 0.1) is 10.6 Å². The Labute approximate surface area is 243 Å². The minimum Gasteiger partial charge on any atom is -0.354 e. The second-order valence-corrected chi connectivity index (χ2v) is 12.5. The van der Waals surface area contributed by atoms with Crippen LogP contribution in [0.25, 0.3) is 0 Å². The van der Waals surface area contributed by atoms with Gasteiger partial charge in [-0.25, -0.2) is 8.42 Å². The largest absolute Gasteiger partial charge is 0.354 e. The number of amides is 2. The lowest BCUT2D eigenvalue weighted by Gasteiger charge is -2.33. The Morgan fingerprint density at radius 1 is 0.950 bits per heavy atom. The van der Waals surface area contributed by atoms with Gasteiger partial charge in [0.2, 0.25) is 11.8 Å². The summed E-state index contributed by atoms with van der Waals surface area (Å²) in [5, 5.41) is 3.35. The molecule has 1 N–H and O–H groups in total. The SMILES string of the molecule is CC[C@H](C(=O)NCC(C)C)N(CCc1ccccc1)C(=O)CN(c1cccc(C)c1)S(=O)(=O)c1ccc(Cl)cc1. The highest BCUT2D eigenvalue weighted by molar-refractivity contribution is 7.92. The highest BCUT2D eigenvalue weighted by atomic mass is 35.5. The third-order valence-electron chi connectivity index (χ3n) is 6.52. The smallest absolute Gasteiger partial charge is 0.264 e. The maximum atomic E-state index is 14.0. The van der Waals surface area contributed by atoms with Crippen molar-refractivity contribution < 1.29 is 18.0 Å². The van der Waals surface area contributed by atoms with Gasteiger partial charge in [-0.15, -0.1) is 0 Å². The lowest BCUT2D eigenvalue weighted by atomic mass is 10.1. The number of carbonyl (C=O) groups excluding carboxylic acids is 2. The number of carbonyl (C=O) groups is 2. The molecule has 2 amide bonds. The summed E-state index contributed by atoms with van der Waals surface area (Å²) in [6.45, 7) is 8.00. The number of sulfonamides is 1. The van der Waals surface area contributed by atoms with Crippen LogP contribution in [0.2, 0.25) is 5.02 Å². The number of benzene rings is 3. The van der Waals surface area contributed by atoms with Crippen molar-refractivity contribution in [2.75, 3.05) is 23.9 Å². The molecule has 1 atom stereocenters. The van der Waals surface area contributed by atoms with Crippen LogP contribution in [-0.2, 0) is 26.0 Å². The molecule has 40 heavy (non-hydrogen) atoms. The van der Waals surface area contributed by atoms with Crippen LogP contribution in [0.15, 0.2) is 83.8 Å². The predicted molar refractivity (Wildman–Crippen MR) is 161 cm³/mol. The quantitative estimate of drug-likeness (QED) is 0.289. The molecule has 0 aromatic heterocycles. The van der Waals surface area contributed by atoms with E-state index in [0.717, 1.165) is 15.4 Å². The summed E-state index contributed by atoms with van der Waals surface area (Å²) >= 11 is 6.01. The Bertz CT molecular complexity index is 1380. The molecule has 0 aliphatic heterocycles. The number of hydrogen-bond acceptors (Lipinski definition) is 4. The molecule has 3 aromatic rings. The third kappa shape index (κ3) is 8.32. The highest BCUT2D eigenvalue weighted by Gasteiger charge is 2.33. The van der Waals surface area contributed by atoms with Crippen molar-refractivity contribution in [3.63, 3.8) is 0 Å². The third-order valence-corrected chi connectivity index (χ3v) is 8.56. The molecule has 0 radical (unpaired) electrons. The first-order valence-electron chi connectivity index (χ1n) is 13.5. The number of rotatable bonds is 13. The van der Waals surface area contributed by atoms with Gasteiger partial charge < -0.3 is 10.2 Å². The summed E-state index contributed by atoms with van der Waals surface area (Å²) in [5.41, 5.74) is 2.23. The second-order valence-electron chi connectivity index (χ2n) is 10.2. The zero-order chi connectivity index (χ0) is 29.3. The van der Waals surface area contributed by atoms with E-state index in [9.17, 15) is 18.0 Å². The van der Waals surface area contributed by atoms with Gasteiger partial charge in [-0.2, -0.15) is 0 Å². The normalized spacial score (nSPS) is 12.2. The monoisotopic (exact) mass is 583 g/mol. The van der Waals surface area contributed by atoms with Crippen LogP contribution < -0.4 is 9.62 Å². The first kappa shape index (κ1) is 31.2. The molecule has 3 aromatic carbocycles. The number of hydrogen-bond donors (Lipinski definition) is 1. The van der Waals surface area contributed by atoms with E-state index in [1.165, 1.54) is 29.2 Å². The van der Waals surface area contributed by atoms with Crippen molar-refractivity contribution in [1.82, 2.24) is 10.2 Å². The Hall–Kier alpha value is -3.36. The van der Waals surface area contributed by atoms with E-state index in [4.69, 9.17) is 11.6 Å². The Balaban J connectivity index is 1.99. The zero-order valence-corrected chi connectivity index (χ0v) is 25.1. The molecule has 0 fully saturated rings. The standard InChI is InChI=1S/C31H38ClN3O4S/c1-5-29(31(37)33-21-23(2)3)34(19-18-25-11-7-6-8-12-25)30(36)22-35(27-13-9-10-24(4)20-27)40(38,39)28-16-14-26(32)15-17-28/h6-17,20,23,29H,5,18-19,21-22H2,1-4H3,(H,33,37)/t29-/m1/s1. The molecule has 0 unspecified atom stereocenters. The molecule has 0 spiro atoms. The van der Waals surface area contributed by atoms with E-state index in [-0.39, 0.29) is 23.3 Å². The molecule has 7 nitrogen and oxygen atoms in total. The summed E-state index contributed by atoms with van der Waals surface area (Å²) < 4.78 is 28.9. The maximum absolute atomic E-state index is 14.0. The van der Waals surface area contributed by atoms with Crippen molar-refractivity contribution in [3.8, 4) is 0 Å². The molecule has 0 bridgehead atoms. The number of nitrogens with zero attached hydrogens (tertiary/aromatic N) is 2. The van der Waals surface area contributed by atoms with Gasteiger partial charge in [0.25, 0.3) is 10.0 Å². The number of anilines is 1. The van der Waals surface area contributed by atoms with Gasteiger partial charge in [-0.05, 0) is 73.2 Å². The fraction of sp³-hybridized carbons (Fsp3) is 0.355. The second kappa shape index (κ2) is 14.3. The topological polar surface area (TPSA) is 86.8 Å². The molecule has 214 valence electrons. The summed E-state index contributed by atoms with van der Waals surface area (Å²) in [6.07, 6.45) is 0.910. The Kier molecular flexibility index (Phi) is 11.2. The lowest BCUT2D eigenvalue weighted by molar-refractivity contribution is -0.139. The average molecular weight is 584 g/mol. The van der Waals surface area contributed by atoms with E-state index in [1.807, 2.05) is 64.1 Å². The van der Waals surface area contributed by atoms with E-state index < -0.39 is 28.5 Å². The van der Waals surface area contributed by atoms with Gasteiger partial charge in [0.15, 0.2) is 0 Å². The molecule has 0 aliphatic rings. The fourth-order valence-corrected chi connectivity index (χ4v) is 5.90. The van der Waals surface area contributed by atoms with Crippen LogP contribution in [0.3, 0.4) is 0 Å². The van der Waals surface area contributed by atoms with Crippen LogP contribution in [-0.4, -0.2) is 50.8 Å². The molecule has 0 saturated heterocycles. The van der Waals surface area contributed by atoms with Crippen LogP contribution in [0.5, 0.6) is 0 Å². The van der Waals surface area contributed by atoms with Gasteiger partial charge in [-0.1, -0.05) is 74.8 Å². The summed E-state index contributed by atoms with van der Waals surface area (Å²) in [4.78, 5) is 28.8. The van der Waals surface area contributed by atoms with Crippen LogP contribution >= 0.6 is 11.6 Å². The van der Waals surface area contributed by atoms with Gasteiger partial charge in [0.1, 0.15) is 12.6 Å².